The van der Waals surface area contributed by atoms with Gasteiger partial charge < -0.3 is 19.9 Å². The fourth-order valence-electron chi connectivity index (χ4n) is 2.45. The molecule has 0 aromatic carbocycles. The third-order valence-electron chi connectivity index (χ3n) is 3.26. The highest BCUT2D eigenvalue weighted by molar-refractivity contribution is 5.65. The first-order valence-electron chi connectivity index (χ1n) is 5.51. The quantitative estimate of drug-likeness (QED) is 0.649. The van der Waals surface area contributed by atoms with Crippen molar-refractivity contribution in [3.63, 3.8) is 0 Å². The number of aromatic nitrogens is 2. The van der Waals surface area contributed by atoms with Crippen molar-refractivity contribution in [2.75, 3.05) is 13.1 Å². The summed E-state index contributed by atoms with van der Waals surface area (Å²) in [5.41, 5.74) is 2.17. The minimum atomic E-state index is -0.852. The number of fused-ring (bicyclic) bond motifs is 3. The van der Waals surface area contributed by atoms with Gasteiger partial charge in [0.2, 0.25) is 0 Å². The second-order valence-corrected chi connectivity index (χ2v) is 4.20. The van der Waals surface area contributed by atoms with Crippen molar-refractivity contribution in [3.8, 4) is 0 Å². The van der Waals surface area contributed by atoms with Gasteiger partial charge >= 0.3 is 6.09 Å². The molecule has 0 fully saturated rings. The van der Waals surface area contributed by atoms with Crippen molar-refractivity contribution in [2.24, 2.45) is 0 Å². The van der Waals surface area contributed by atoms with Crippen LogP contribution in [0, 0.1) is 0 Å². The third kappa shape index (κ3) is 1.37. The molecule has 0 unspecified atom stereocenters. The smallest absolute Gasteiger partial charge is 0.407 e. The Morgan fingerprint density at radius 1 is 1.44 bits per heavy atom. The number of hydrogen-bond donors (Lipinski definition) is 2. The summed E-state index contributed by atoms with van der Waals surface area (Å²) in [5, 5.41) is 12.2. The SMILES string of the molecule is O=C(O)N1CCc2c(nc3n2CCNC3)C1. The van der Waals surface area contributed by atoms with E-state index >= 15 is 0 Å². The summed E-state index contributed by atoms with van der Waals surface area (Å²) < 4.78 is 2.24. The maximum Gasteiger partial charge on any atom is 0.407 e. The Bertz CT molecular complexity index is 440. The molecule has 0 saturated carbocycles. The van der Waals surface area contributed by atoms with E-state index in [9.17, 15) is 4.79 Å². The van der Waals surface area contributed by atoms with Crippen LogP contribution in [0.25, 0.3) is 0 Å². The van der Waals surface area contributed by atoms with Gasteiger partial charge in [0.15, 0.2) is 0 Å². The molecule has 0 atom stereocenters. The molecule has 0 bridgehead atoms. The molecule has 6 heteroatoms. The summed E-state index contributed by atoms with van der Waals surface area (Å²) in [6.07, 6.45) is -0.0657. The highest BCUT2D eigenvalue weighted by Gasteiger charge is 2.26. The molecule has 1 aromatic rings. The topological polar surface area (TPSA) is 70.4 Å². The molecule has 2 aliphatic heterocycles. The Hall–Kier alpha value is -1.56. The van der Waals surface area contributed by atoms with Crippen LogP contribution in [0.3, 0.4) is 0 Å². The maximum absolute atomic E-state index is 10.9. The minimum Gasteiger partial charge on any atom is -0.465 e. The molecule has 1 amide bonds. The number of nitrogens with zero attached hydrogens (tertiary/aromatic N) is 3. The van der Waals surface area contributed by atoms with Gasteiger partial charge in [0.1, 0.15) is 5.82 Å². The van der Waals surface area contributed by atoms with Gasteiger partial charge in [0, 0.05) is 31.7 Å². The van der Waals surface area contributed by atoms with Crippen LogP contribution in [-0.2, 0) is 26.1 Å². The summed E-state index contributed by atoms with van der Waals surface area (Å²) >= 11 is 0. The van der Waals surface area contributed by atoms with Crippen molar-refractivity contribution in [1.82, 2.24) is 19.8 Å². The van der Waals surface area contributed by atoms with Crippen LogP contribution in [0.5, 0.6) is 0 Å². The Kier molecular flexibility index (Phi) is 2.10. The summed E-state index contributed by atoms with van der Waals surface area (Å²) in [6.45, 7) is 3.73. The standard InChI is InChI=1S/C10H14N4O2/c15-10(16)13-3-1-8-7(6-13)12-9-5-11-2-4-14(8)9/h11H,1-6H2,(H,15,16). The van der Waals surface area contributed by atoms with E-state index in [1.165, 1.54) is 10.6 Å². The van der Waals surface area contributed by atoms with Crippen LogP contribution in [-0.4, -0.2) is 38.7 Å². The third-order valence-corrected chi connectivity index (χ3v) is 3.26. The lowest BCUT2D eigenvalue weighted by atomic mass is 10.1. The second-order valence-electron chi connectivity index (χ2n) is 4.20. The number of carbonyl (C=O) groups is 1. The van der Waals surface area contributed by atoms with E-state index in [0.29, 0.717) is 13.1 Å². The highest BCUT2D eigenvalue weighted by atomic mass is 16.4. The summed E-state index contributed by atoms with van der Waals surface area (Å²) in [5.74, 6) is 1.04. The average molecular weight is 222 g/mol. The van der Waals surface area contributed by atoms with Gasteiger partial charge in [0.25, 0.3) is 0 Å². The molecule has 2 aliphatic rings. The van der Waals surface area contributed by atoms with Crippen LogP contribution in [0.4, 0.5) is 4.79 Å². The van der Waals surface area contributed by atoms with Crippen LogP contribution in [0.2, 0.25) is 0 Å². The predicted octanol–water partition coefficient (Wildman–Crippen LogP) is 0.0224. The Morgan fingerprint density at radius 2 is 2.31 bits per heavy atom. The first-order valence-corrected chi connectivity index (χ1v) is 5.51. The van der Waals surface area contributed by atoms with E-state index < -0.39 is 6.09 Å². The van der Waals surface area contributed by atoms with Gasteiger partial charge in [-0.3, -0.25) is 0 Å². The zero-order valence-electron chi connectivity index (χ0n) is 8.94. The number of carboxylic acid groups (broad SMARTS) is 1. The Labute approximate surface area is 92.9 Å². The first kappa shape index (κ1) is 9.65. The molecular weight excluding hydrogens is 208 g/mol. The van der Waals surface area contributed by atoms with E-state index in [1.54, 1.807) is 0 Å². The van der Waals surface area contributed by atoms with Gasteiger partial charge in [0.05, 0.1) is 18.8 Å². The number of rotatable bonds is 0. The largest absolute Gasteiger partial charge is 0.465 e. The molecular formula is C10H14N4O2. The van der Waals surface area contributed by atoms with Crippen molar-refractivity contribution in [3.05, 3.63) is 17.2 Å². The predicted molar refractivity (Wildman–Crippen MR) is 56.1 cm³/mol. The summed E-state index contributed by atoms with van der Waals surface area (Å²) in [4.78, 5) is 16.8. The highest BCUT2D eigenvalue weighted by Crippen LogP contribution is 2.21. The molecule has 0 spiro atoms. The summed E-state index contributed by atoms with van der Waals surface area (Å²) in [7, 11) is 0. The Balaban J connectivity index is 1.94. The fraction of sp³-hybridized carbons (Fsp3) is 0.600. The Morgan fingerprint density at radius 3 is 3.12 bits per heavy atom. The molecule has 3 heterocycles. The minimum absolute atomic E-state index is 0.435. The van der Waals surface area contributed by atoms with Gasteiger partial charge in [-0.1, -0.05) is 0 Å². The van der Waals surface area contributed by atoms with Gasteiger partial charge in [-0.15, -0.1) is 0 Å². The van der Waals surface area contributed by atoms with Crippen molar-refractivity contribution >= 4 is 6.09 Å². The molecule has 6 nitrogen and oxygen atoms in total. The molecule has 1 aromatic heterocycles. The van der Waals surface area contributed by atoms with Crippen molar-refractivity contribution < 1.29 is 9.90 Å². The molecule has 16 heavy (non-hydrogen) atoms. The van der Waals surface area contributed by atoms with E-state index in [0.717, 1.165) is 37.6 Å². The van der Waals surface area contributed by atoms with Crippen LogP contribution < -0.4 is 5.32 Å². The fourth-order valence-corrected chi connectivity index (χ4v) is 2.45. The van der Waals surface area contributed by atoms with Crippen LogP contribution in [0.15, 0.2) is 0 Å². The van der Waals surface area contributed by atoms with E-state index in [1.807, 2.05) is 0 Å². The maximum atomic E-state index is 10.9. The molecule has 0 aliphatic carbocycles. The average Bonchev–Trinajstić information content (AvgIpc) is 2.66. The molecule has 2 N–H and O–H groups in total. The molecule has 0 radical (unpaired) electrons. The molecule has 0 saturated heterocycles. The number of hydrogen-bond acceptors (Lipinski definition) is 3. The number of nitrogens with one attached hydrogen (secondary N) is 1. The lowest BCUT2D eigenvalue weighted by molar-refractivity contribution is 0.139. The molecule has 3 rings (SSSR count). The van der Waals surface area contributed by atoms with E-state index in [-0.39, 0.29) is 0 Å². The number of amides is 1. The van der Waals surface area contributed by atoms with Crippen molar-refractivity contribution in [1.29, 1.82) is 0 Å². The van der Waals surface area contributed by atoms with Gasteiger partial charge in [-0.05, 0) is 0 Å². The van der Waals surface area contributed by atoms with Gasteiger partial charge in [-0.2, -0.15) is 0 Å². The lowest BCUT2D eigenvalue weighted by Crippen LogP contribution is -2.36. The van der Waals surface area contributed by atoms with Crippen LogP contribution in [0.1, 0.15) is 17.2 Å². The molecule has 86 valence electrons. The zero-order valence-corrected chi connectivity index (χ0v) is 8.94. The summed E-state index contributed by atoms with van der Waals surface area (Å²) in [6, 6.07) is 0. The lowest BCUT2D eigenvalue weighted by Gasteiger charge is -2.25. The first-order chi connectivity index (χ1) is 7.75. The van der Waals surface area contributed by atoms with E-state index in [4.69, 9.17) is 5.11 Å². The van der Waals surface area contributed by atoms with Gasteiger partial charge in [-0.25, -0.2) is 9.78 Å². The normalized spacial score (nSPS) is 19.1. The monoisotopic (exact) mass is 222 g/mol. The zero-order chi connectivity index (χ0) is 11.1. The second kappa shape index (κ2) is 3.48. The van der Waals surface area contributed by atoms with Crippen molar-refractivity contribution in [2.45, 2.75) is 26.1 Å². The van der Waals surface area contributed by atoms with E-state index in [2.05, 4.69) is 14.9 Å². The number of imidazole rings is 1. The van der Waals surface area contributed by atoms with Crippen LogP contribution >= 0.6 is 0 Å².